The molecule has 1 amide bonds. The average molecular weight is 326 g/mol. The van der Waals surface area contributed by atoms with Crippen LogP contribution in [0, 0.1) is 12.8 Å². The molecule has 0 radical (unpaired) electrons. The molecular weight excluding hydrogens is 310 g/mol. The number of carboxylic acid groups (broad SMARTS) is 1. The summed E-state index contributed by atoms with van der Waals surface area (Å²) in [6, 6.07) is 5.58. The van der Waals surface area contributed by atoms with Crippen molar-refractivity contribution in [3.63, 3.8) is 0 Å². The molecule has 0 spiro atoms. The van der Waals surface area contributed by atoms with E-state index in [4.69, 9.17) is 5.11 Å². The number of aryl methyl sites for hydroxylation is 1. The van der Waals surface area contributed by atoms with Crippen molar-refractivity contribution in [1.29, 1.82) is 0 Å². The van der Waals surface area contributed by atoms with Gasteiger partial charge in [0.15, 0.2) is 0 Å². The van der Waals surface area contributed by atoms with Crippen LogP contribution >= 0.6 is 15.9 Å². The maximum atomic E-state index is 12.4. The SMILES string of the molecule is Cc1cc(Br)ccc1C(=O)N1CCC(C(=O)O)CC1. The molecule has 5 heteroatoms. The molecule has 1 aromatic rings. The summed E-state index contributed by atoms with van der Waals surface area (Å²) >= 11 is 3.38. The molecule has 1 aliphatic heterocycles. The van der Waals surface area contributed by atoms with E-state index < -0.39 is 5.97 Å². The second-order valence-corrected chi connectivity index (χ2v) is 5.78. The standard InChI is InChI=1S/C14H16BrNO3/c1-9-8-11(15)2-3-12(9)13(17)16-6-4-10(5-7-16)14(18)19/h2-3,8,10H,4-7H2,1H3,(H,18,19). The van der Waals surface area contributed by atoms with Crippen molar-refractivity contribution in [2.75, 3.05) is 13.1 Å². The fraction of sp³-hybridized carbons (Fsp3) is 0.429. The van der Waals surface area contributed by atoms with Gasteiger partial charge in [0.25, 0.3) is 5.91 Å². The van der Waals surface area contributed by atoms with Crippen molar-refractivity contribution in [3.8, 4) is 0 Å². The van der Waals surface area contributed by atoms with Crippen LogP contribution in [0.5, 0.6) is 0 Å². The fourth-order valence-electron chi connectivity index (χ4n) is 2.37. The van der Waals surface area contributed by atoms with E-state index in [0.29, 0.717) is 31.5 Å². The second kappa shape index (κ2) is 5.74. The van der Waals surface area contributed by atoms with Crippen molar-refractivity contribution in [2.24, 2.45) is 5.92 Å². The molecule has 1 N–H and O–H groups in total. The molecule has 102 valence electrons. The van der Waals surface area contributed by atoms with Crippen LogP contribution in [0.2, 0.25) is 0 Å². The molecule has 0 aliphatic carbocycles. The van der Waals surface area contributed by atoms with E-state index >= 15 is 0 Å². The highest BCUT2D eigenvalue weighted by atomic mass is 79.9. The summed E-state index contributed by atoms with van der Waals surface area (Å²) in [5.74, 6) is -1.07. The Bertz CT molecular complexity index is 507. The van der Waals surface area contributed by atoms with Crippen LogP contribution in [0.3, 0.4) is 0 Å². The summed E-state index contributed by atoms with van der Waals surface area (Å²) < 4.78 is 0.950. The van der Waals surface area contributed by atoms with Crippen LogP contribution in [-0.2, 0) is 4.79 Å². The molecule has 0 bridgehead atoms. The minimum atomic E-state index is -0.757. The van der Waals surface area contributed by atoms with Gasteiger partial charge < -0.3 is 10.0 Å². The summed E-state index contributed by atoms with van der Waals surface area (Å²) in [5, 5.41) is 8.95. The average Bonchev–Trinajstić information content (AvgIpc) is 2.38. The highest BCUT2D eigenvalue weighted by Gasteiger charge is 2.27. The van der Waals surface area contributed by atoms with Crippen LogP contribution in [-0.4, -0.2) is 35.0 Å². The lowest BCUT2D eigenvalue weighted by Crippen LogP contribution is -2.40. The Hall–Kier alpha value is -1.36. The Morgan fingerprint density at radius 2 is 1.95 bits per heavy atom. The summed E-state index contributed by atoms with van der Waals surface area (Å²) in [4.78, 5) is 25.0. The number of benzene rings is 1. The molecule has 1 fully saturated rings. The third-order valence-electron chi connectivity index (χ3n) is 3.55. The van der Waals surface area contributed by atoms with Gasteiger partial charge in [0.05, 0.1) is 5.92 Å². The smallest absolute Gasteiger partial charge is 0.306 e. The Kier molecular flexibility index (Phi) is 4.24. The molecule has 0 atom stereocenters. The Labute approximate surface area is 120 Å². The number of halogens is 1. The van der Waals surface area contributed by atoms with Crippen molar-refractivity contribution >= 4 is 27.8 Å². The minimum absolute atomic E-state index is 0.00570. The summed E-state index contributed by atoms with van der Waals surface area (Å²) in [5.41, 5.74) is 1.62. The lowest BCUT2D eigenvalue weighted by Gasteiger charge is -2.30. The van der Waals surface area contributed by atoms with Gasteiger partial charge in [0.2, 0.25) is 0 Å². The zero-order valence-corrected chi connectivity index (χ0v) is 12.3. The van der Waals surface area contributed by atoms with E-state index in [-0.39, 0.29) is 11.8 Å². The van der Waals surface area contributed by atoms with Gasteiger partial charge in [-0.05, 0) is 43.5 Å². The van der Waals surface area contributed by atoms with Crippen LogP contribution < -0.4 is 0 Å². The van der Waals surface area contributed by atoms with Gasteiger partial charge in [-0.3, -0.25) is 9.59 Å². The van der Waals surface area contributed by atoms with Gasteiger partial charge in [-0.1, -0.05) is 15.9 Å². The van der Waals surface area contributed by atoms with Crippen LogP contribution in [0.1, 0.15) is 28.8 Å². The predicted octanol–water partition coefficient (Wildman–Crippen LogP) is 2.69. The molecule has 1 aliphatic rings. The van der Waals surface area contributed by atoms with Gasteiger partial charge in [0, 0.05) is 23.1 Å². The van der Waals surface area contributed by atoms with Gasteiger partial charge in [-0.2, -0.15) is 0 Å². The molecule has 19 heavy (non-hydrogen) atoms. The third kappa shape index (κ3) is 3.15. The lowest BCUT2D eigenvalue weighted by atomic mass is 9.96. The van der Waals surface area contributed by atoms with E-state index in [9.17, 15) is 9.59 Å². The highest BCUT2D eigenvalue weighted by Crippen LogP contribution is 2.22. The predicted molar refractivity (Wildman–Crippen MR) is 75.1 cm³/mol. The highest BCUT2D eigenvalue weighted by molar-refractivity contribution is 9.10. The normalized spacial score (nSPS) is 16.4. The first kappa shape index (κ1) is 14.1. The van der Waals surface area contributed by atoms with Gasteiger partial charge in [0.1, 0.15) is 0 Å². The number of carboxylic acids is 1. The van der Waals surface area contributed by atoms with Crippen molar-refractivity contribution in [1.82, 2.24) is 4.90 Å². The number of carbonyl (C=O) groups excluding carboxylic acids is 1. The number of likely N-dealkylation sites (tertiary alicyclic amines) is 1. The van der Waals surface area contributed by atoms with E-state index in [1.54, 1.807) is 4.90 Å². The maximum Gasteiger partial charge on any atom is 0.306 e. The zero-order chi connectivity index (χ0) is 14.0. The lowest BCUT2D eigenvalue weighted by molar-refractivity contribution is -0.143. The van der Waals surface area contributed by atoms with E-state index in [2.05, 4.69) is 15.9 Å². The topological polar surface area (TPSA) is 57.6 Å². The quantitative estimate of drug-likeness (QED) is 0.909. The number of hydrogen-bond acceptors (Lipinski definition) is 2. The molecule has 1 saturated heterocycles. The number of hydrogen-bond donors (Lipinski definition) is 1. The molecule has 0 saturated carbocycles. The maximum absolute atomic E-state index is 12.4. The van der Waals surface area contributed by atoms with E-state index in [1.165, 1.54) is 0 Å². The molecular formula is C14H16BrNO3. The minimum Gasteiger partial charge on any atom is -0.481 e. The zero-order valence-electron chi connectivity index (χ0n) is 10.7. The van der Waals surface area contributed by atoms with Crippen molar-refractivity contribution in [3.05, 3.63) is 33.8 Å². The molecule has 0 aromatic heterocycles. The number of rotatable bonds is 2. The van der Waals surface area contributed by atoms with Gasteiger partial charge >= 0.3 is 5.97 Å². The molecule has 4 nitrogen and oxygen atoms in total. The Morgan fingerprint density at radius 3 is 2.47 bits per heavy atom. The van der Waals surface area contributed by atoms with Crippen LogP contribution in [0.25, 0.3) is 0 Å². The molecule has 0 unspecified atom stereocenters. The van der Waals surface area contributed by atoms with Gasteiger partial charge in [-0.25, -0.2) is 0 Å². The Balaban J connectivity index is 2.07. The number of amides is 1. The number of nitrogens with zero attached hydrogens (tertiary/aromatic N) is 1. The summed E-state index contributed by atoms with van der Waals surface area (Å²) in [6.07, 6.45) is 1.08. The Morgan fingerprint density at radius 1 is 1.32 bits per heavy atom. The van der Waals surface area contributed by atoms with Crippen molar-refractivity contribution in [2.45, 2.75) is 19.8 Å². The number of piperidine rings is 1. The first-order valence-corrected chi connectivity index (χ1v) is 7.06. The fourth-order valence-corrected chi connectivity index (χ4v) is 2.84. The molecule has 1 heterocycles. The molecule has 2 rings (SSSR count). The summed E-state index contributed by atoms with van der Waals surface area (Å²) in [7, 11) is 0. The monoisotopic (exact) mass is 325 g/mol. The first-order chi connectivity index (χ1) is 8.99. The third-order valence-corrected chi connectivity index (χ3v) is 4.04. The number of carbonyl (C=O) groups is 2. The molecule has 1 aromatic carbocycles. The van der Waals surface area contributed by atoms with E-state index in [1.807, 2.05) is 25.1 Å². The number of aliphatic carboxylic acids is 1. The largest absolute Gasteiger partial charge is 0.481 e. The van der Waals surface area contributed by atoms with Crippen LogP contribution in [0.15, 0.2) is 22.7 Å². The second-order valence-electron chi connectivity index (χ2n) is 4.86. The van der Waals surface area contributed by atoms with Crippen molar-refractivity contribution < 1.29 is 14.7 Å². The first-order valence-electron chi connectivity index (χ1n) is 6.27. The van der Waals surface area contributed by atoms with E-state index in [0.717, 1.165) is 10.0 Å². The van der Waals surface area contributed by atoms with Crippen LogP contribution in [0.4, 0.5) is 0 Å². The van der Waals surface area contributed by atoms with Gasteiger partial charge in [-0.15, -0.1) is 0 Å². The summed E-state index contributed by atoms with van der Waals surface area (Å²) in [6.45, 7) is 2.94.